The average molecular weight is 429 g/mol. The maximum Gasteiger partial charge on any atom is 0.390 e. The third kappa shape index (κ3) is 4.70. The quantitative estimate of drug-likeness (QED) is 0.753. The molecule has 0 radical (unpaired) electrons. The summed E-state index contributed by atoms with van der Waals surface area (Å²) in [6.45, 7) is 0. The third-order valence-electron chi connectivity index (χ3n) is 2.24. The number of phenolic OH excluding ortho intramolecular Hbond substituents is 1. The molecule has 1 aromatic carbocycles. The first-order valence-electron chi connectivity index (χ1n) is 4.74. The Balaban J connectivity index is 0.00000324. The molecule has 3 N–H and O–H groups in total. The first-order chi connectivity index (χ1) is 8.17. The lowest BCUT2D eigenvalue weighted by molar-refractivity contribution is -0.138. The van der Waals surface area contributed by atoms with Crippen LogP contribution in [0.1, 0.15) is 18.0 Å². The highest BCUT2D eigenvalue weighted by Gasteiger charge is 2.32. The van der Waals surface area contributed by atoms with E-state index in [0.29, 0.717) is 0 Å². The van der Waals surface area contributed by atoms with Crippen LogP contribution in [0.2, 0.25) is 0 Å². The van der Waals surface area contributed by atoms with Gasteiger partial charge in [-0.05, 0) is 43.5 Å². The molecule has 1 rings (SSSR count). The van der Waals surface area contributed by atoms with E-state index in [1.165, 1.54) is 13.2 Å². The summed E-state index contributed by atoms with van der Waals surface area (Å²) in [4.78, 5) is 0. The Morgan fingerprint density at radius 1 is 1.37 bits per heavy atom. The summed E-state index contributed by atoms with van der Waals surface area (Å²) in [6, 6.07) is 0.0331. The Morgan fingerprint density at radius 3 is 2.32 bits per heavy atom. The fourth-order valence-corrected chi connectivity index (χ4v) is 2.42. The van der Waals surface area contributed by atoms with E-state index in [1.807, 2.05) is 0 Å². The predicted molar refractivity (Wildman–Crippen MR) is 74.9 cm³/mol. The van der Waals surface area contributed by atoms with Gasteiger partial charge in [0.2, 0.25) is 0 Å². The lowest BCUT2D eigenvalue weighted by atomic mass is 10.0. The van der Waals surface area contributed by atoms with Gasteiger partial charge in [0.25, 0.3) is 0 Å². The maximum absolute atomic E-state index is 12.3. The molecule has 0 aromatic heterocycles. The highest BCUT2D eigenvalue weighted by atomic mass is 79.9. The molecule has 110 valence electrons. The average Bonchev–Trinajstić information content (AvgIpc) is 2.24. The van der Waals surface area contributed by atoms with Crippen molar-refractivity contribution in [3.63, 3.8) is 0 Å². The number of phenols is 1. The molecule has 0 fully saturated rings. The van der Waals surface area contributed by atoms with E-state index >= 15 is 0 Å². The smallest absolute Gasteiger partial charge is 0.390 e. The van der Waals surface area contributed by atoms with Gasteiger partial charge in [-0.25, -0.2) is 0 Å². The topological polar surface area (TPSA) is 55.5 Å². The molecule has 0 saturated heterocycles. The molecule has 0 aliphatic heterocycles. The molecule has 0 saturated carbocycles. The zero-order valence-electron chi connectivity index (χ0n) is 9.59. The maximum atomic E-state index is 12.3. The fourth-order valence-electron chi connectivity index (χ4n) is 1.40. The summed E-state index contributed by atoms with van der Waals surface area (Å²) in [7, 11) is 1.30. The predicted octanol–water partition coefficient (Wildman–Crippen LogP) is 4.30. The monoisotopic (exact) mass is 427 g/mol. The van der Waals surface area contributed by atoms with Crippen LogP contribution in [-0.4, -0.2) is 18.4 Å². The molecule has 1 aromatic rings. The highest BCUT2D eigenvalue weighted by Crippen LogP contribution is 2.44. The van der Waals surface area contributed by atoms with Crippen molar-refractivity contribution in [3.05, 3.63) is 20.6 Å². The number of nitrogens with two attached hydrogens (primary N) is 1. The number of benzene rings is 1. The number of rotatable bonds is 3. The molecule has 3 nitrogen and oxygen atoms in total. The second-order valence-electron chi connectivity index (χ2n) is 3.57. The minimum atomic E-state index is -4.36. The van der Waals surface area contributed by atoms with Crippen molar-refractivity contribution in [2.45, 2.75) is 18.6 Å². The molecule has 1 atom stereocenters. The van der Waals surface area contributed by atoms with Crippen molar-refractivity contribution >= 4 is 44.3 Å². The first kappa shape index (κ1) is 18.8. The van der Waals surface area contributed by atoms with Crippen LogP contribution in [0.4, 0.5) is 13.2 Å². The zero-order valence-corrected chi connectivity index (χ0v) is 13.6. The van der Waals surface area contributed by atoms with Crippen molar-refractivity contribution in [3.8, 4) is 11.5 Å². The van der Waals surface area contributed by atoms with Gasteiger partial charge in [0.05, 0.1) is 18.0 Å². The number of hydrogen-bond acceptors (Lipinski definition) is 3. The number of hydrogen-bond donors (Lipinski definition) is 2. The van der Waals surface area contributed by atoms with Crippen LogP contribution in [0, 0.1) is 0 Å². The minimum absolute atomic E-state index is 0. The summed E-state index contributed by atoms with van der Waals surface area (Å²) in [5, 5.41) is 9.65. The van der Waals surface area contributed by atoms with Crippen molar-refractivity contribution in [1.82, 2.24) is 0 Å². The minimum Gasteiger partial charge on any atom is -0.503 e. The van der Waals surface area contributed by atoms with E-state index in [4.69, 9.17) is 10.5 Å². The highest BCUT2D eigenvalue weighted by molar-refractivity contribution is 9.13. The fraction of sp³-hybridized carbons (Fsp3) is 0.400. The van der Waals surface area contributed by atoms with Gasteiger partial charge in [-0.1, -0.05) is 0 Å². The molecule has 0 bridgehead atoms. The Morgan fingerprint density at radius 2 is 1.89 bits per heavy atom. The normalized spacial score (nSPS) is 12.8. The van der Waals surface area contributed by atoms with E-state index in [2.05, 4.69) is 31.9 Å². The first-order valence-corrected chi connectivity index (χ1v) is 6.33. The number of alkyl halides is 3. The van der Waals surface area contributed by atoms with Crippen LogP contribution < -0.4 is 10.5 Å². The molecule has 0 aliphatic carbocycles. The van der Waals surface area contributed by atoms with Gasteiger partial charge in [-0.3, -0.25) is 0 Å². The Kier molecular flexibility index (Phi) is 6.94. The van der Waals surface area contributed by atoms with Crippen molar-refractivity contribution in [2.75, 3.05) is 7.11 Å². The molecular weight excluding hydrogens is 418 g/mol. The molecule has 0 amide bonds. The molecule has 0 heterocycles. The van der Waals surface area contributed by atoms with Gasteiger partial charge in [-0.2, -0.15) is 13.2 Å². The van der Waals surface area contributed by atoms with Crippen molar-refractivity contribution < 1.29 is 23.0 Å². The summed E-state index contributed by atoms with van der Waals surface area (Å²) >= 11 is 6.15. The number of aromatic hydroxyl groups is 1. The van der Waals surface area contributed by atoms with Crippen molar-refractivity contribution in [1.29, 1.82) is 0 Å². The molecule has 0 aliphatic rings. The summed E-state index contributed by atoms with van der Waals surface area (Å²) in [5.41, 5.74) is 5.72. The van der Waals surface area contributed by atoms with Gasteiger partial charge in [0, 0.05) is 10.5 Å². The van der Waals surface area contributed by atoms with Crippen LogP contribution in [0.25, 0.3) is 0 Å². The molecule has 0 unspecified atom stereocenters. The second-order valence-corrected chi connectivity index (χ2v) is 5.16. The Bertz CT molecular complexity index is 457. The van der Waals surface area contributed by atoms with Gasteiger partial charge >= 0.3 is 6.18 Å². The lowest BCUT2D eigenvalue weighted by Gasteiger charge is -2.18. The summed E-state index contributed by atoms with van der Waals surface area (Å²) < 4.78 is 42.2. The largest absolute Gasteiger partial charge is 0.503 e. The lowest BCUT2D eigenvalue weighted by Crippen LogP contribution is -2.20. The van der Waals surface area contributed by atoms with Crippen LogP contribution in [0.15, 0.2) is 15.0 Å². The Labute approximate surface area is 131 Å². The SMILES string of the molecule is COc1cc([C@H](N)CC(F)(F)F)c(Br)c(Br)c1O.Cl. The molecule has 0 spiro atoms. The van der Waals surface area contributed by atoms with Gasteiger partial charge in [0.1, 0.15) is 0 Å². The molecular formula is C10H11Br2ClF3NO2. The standard InChI is InChI=1S/C10H10Br2F3NO2.ClH/c1-18-6-2-4(5(16)3-10(13,14)15)7(11)8(12)9(6)17;/h2,5,17H,3,16H2,1H3;1H/t5-;/m1./s1. The van der Waals surface area contributed by atoms with E-state index in [-0.39, 0.29) is 38.4 Å². The summed E-state index contributed by atoms with van der Waals surface area (Å²) in [6.07, 6.45) is -5.53. The van der Waals surface area contributed by atoms with Crippen LogP contribution in [-0.2, 0) is 0 Å². The van der Waals surface area contributed by atoms with E-state index < -0.39 is 18.6 Å². The second kappa shape index (κ2) is 7.01. The third-order valence-corrected chi connectivity index (χ3v) is 4.40. The van der Waals surface area contributed by atoms with Crippen LogP contribution >= 0.6 is 44.3 Å². The van der Waals surface area contributed by atoms with Gasteiger partial charge in [0.15, 0.2) is 11.5 Å². The van der Waals surface area contributed by atoms with Crippen molar-refractivity contribution in [2.24, 2.45) is 5.73 Å². The van der Waals surface area contributed by atoms with E-state index in [9.17, 15) is 18.3 Å². The summed E-state index contributed by atoms with van der Waals surface area (Å²) in [5.74, 6) is -0.148. The van der Waals surface area contributed by atoms with Crippen LogP contribution in [0.3, 0.4) is 0 Å². The van der Waals surface area contributed by atoms with E-state index in [0.717, 1.165) is 0 Å². The van der Waals surface area contributed by atoms with Gasteiger partial charge in [-0.15, -0.1) is 12.4 Å². The number of methoxy groups -OCH3 is 1. The molecule has 19 heavy (non-hydrogen) atoms. The van der Waals surface area contributed by atoms with Gasteiger partial charge < -0.3 is 15.6 Å². The van der Waals surface area contributed by atoms with Crippen LogP contribution in [0.5, 0.6) is 11.5 Å². The zero-order chi connectivity index (χ0) is 14.1. The van der Waals surface area contributed by atoms with E-state index in [1.54, 1.807) is 0 Å². The number of ether oxygens (including phenoxy) is 1. The number of halogens is 6. The Hall–Kier alpha value is -0.180. The molecule has 9 heteroatoms.